The highest BCUT2D eigenvalue weighted by Crippen LogP contribution is 2.06. The Kier molecular flexibility index (Phi) is 7.53. The van der Waals surface area contributed by atoms with Gasteiger partial charge in [0.25, 0.3) is 0 Å². The van der Waals surface area contributed by atoms with Crippen LogP contribution >= 0.6 is 0 Å². The molecular weight excluding hydrogens is 137 g/mol. The van der Waals surface area contributed by atoms with Crippen LogP contribution in [0.3, 0.4) is 0 Å². The lowest BCUT2D eigenvalue weighted by molar-refractivity contribution is -0.367. The van der Waals surface area contributed by atoms with E-state index in [9.17, 15) is 17.3 Å². The molecule has 6 heteroatoms. The van der Waals surface area contributed by atoms with Gasteiger partial charge in [-0.05, 0) is 6.42 Å². The van der Waals surface area contributed by atoms with Crippen LogP contribution in [0.5, 0.6) is 0 Å². The Balaban J connectivity index is 0. The number of rotatable bonds is 1. The minimum atomic E-state index is -6.00. The average Bonchev–Trinajstić information content (AvgIpc) is 1.61. The first-order valence-corrected chi connectivity index (χ1v) is 2.58. The highest BCUT2D eigenvalue weighted by atomic mass is 19.5. The first kappa shape index (κ1) is 11.5. The van der Waals surface area contributed by atoms with Gasteiger partial charge >= 0.3 is 7.25 Å². The van der Waals surface area contributed by atoms with Crippen LogP contribution in [0.15, 0.2) is 0 Å². The molecule has 58 valence electrons. The second kappa shape index (κ2) is 5.87. The zero-order valence-corrected chi connectivity index (χ0v) is 5.21. The molecule has 0 aromatic heterocycles. The molecule has 0 aliphatic rings. The molecule has 1 nitrogen and oxygen atoms in total. The topological polar surface area (TPSA) is 27.6 Å². The number of halogens is 4. The zero-order valence-electron chi connectivity index (χ0n) is 5.21. The molecule has 0 saturated carbocycles. The van der Waals surface area contributed by atoms with E-state index < -0.39 is 7.25 Å². The lowest BCUT2D eigenvalue weighted by Gasteiger charge is -1.94. The van der Waals surface area contributed by atoms with Crippen LogP contribution in [0.25, 0.3) is 0 Å². The van der Waals surface area contributed by atoms with Crippen LogP contribution < -0.4 is 5.73 Å². The van der Waals surface area contributed by atoms with Gasteiger partial charge in [0.2, 0.25) is 0 Å². The molecule has 0 saturated heterocycles. The average molecular weight is 147 g/mol. The number of hydrogen-bond donors (Lipinski definition) is 1. The fourth-order valence-electron chi connectivity index (χ4n) is 0. The van der Waals surface area contributed by atoms with Crippen LogP contribution in [-0.2, 0) is 0 Å². The SMILES string of the molecule is CCC[NH3+].F[B-](F)(F)F. The minimum absolute atomic E-state index is 1.07. The largest absolute Gasteiger partial charge is 0.673 e. The Morgan fingerprint density at radius 1 is 1.22 bits per heavy atom. The fourth-order valence-corrected chi connectivity index (χ4v) is 0. The van der Waals surface area contributed by atoms with Crippen LogP contribution in [0.2, 0.25) is 0 Å². The van der Waals surface area contributed by atoms with E-state index in [1.54, 1.807) is 0 Å². The summed E-state index contributed by atoms with van der Waals surface area (Å²) in [7, 11) is -6.00. The molecule has 0 spiro atoms. The molecule has 3 N–H and O–H groups in total. The van der Waals surface area contributed by atoms with Crippen molar-refractivity contribution in [2.24, 2.45) is 0 Å². The monoisotopic (exact) mass is 147 g/mol. The second-order valence-electron chi connectivity index (χ2n) is 1.35. The van der Waals surface area contributed by atoms with Crippen molar-refractivity contribution in [3.8, 4) is 0 Å². The van der Waals surface area contributed by atoms with Crippen LogP contribution in [0, 0.1) is 0 Å². The molecule has 9 heavy (non-hydrogen) atoms. The van der Waals surface area contributed by atoms with Gasteiger partial charge in [-0.2, -0.15) is 0 Å². The molecule has 0 atom stereocenters. The standard InChI is InChI=1S/C3H9N.BF4/c1-2-3-4;2-1(3,4)5/h2-4H2,1H3;/q;-1/p+1. The summed E-state index contributed by atoms with van der Waals surface area (Å²) in [5, 5.41) is 0. The third-order valence-corrected chi connectivity index (χ3v) is 0.354. The summed E-state index contributed by atoms with van der Waals surface area (Å²) < 4.78 is 39.0. The van der Waals surface area contributed by atoms with E-state index in [2.05, 4.69) is 12.7 Å². The predicted molar refractivity (Wildman–Crippen MR) is 28.2 cm³/mol. The lowest BCUT2D eigenvalue weighted by atomic mass is 10.3. The smallest absolute Gasteiger partial charge is 0.418 e. The van der Waals surface area contributed by atoms with E-state index in [-0.39, 0.29) is 0 Å². The molecule has 0 amide bonds. The van der Waals surface area contributed by atoms with E-state index >= 15 is 0 Å². The van der Waals surface area contributed by atoms with E-state index in [0.29, 0.717) is 0 Å². The molecule has 0 aromatic rings. The van der Waals surface area contributed by atoms with Gasteiger partial charge in [0.1, 0.15) is 0 Å². The Morgan fingerprint density at radius 2 is 1.33 bits per heavy atom. The zero-order chi connectivity index (χ0) is 7.91. The molecule has 0 radical (unpaired) electrons. The van der Waals surface area contributed by atoms with Gasteiger partial charge in [-0.15, -0.1) is 0 Å². The molecule has 0 fully saturated rings. The molecule has 0 unspecified atom stereocenters. The normalized spacial score (nSPS) is 10.0. The summed E-state index contributed by atoms with van der Waals surface area (Å²) in [6, 6.07) is 0. The summed E-state index contributed by atoms with van der Waals surface area (Å²) in [4.78, 5) is 0. The van der Waals surface area contributed by atoms with Gasteiger partial charge in [-0.3, -0.25) is 0 Å². The summed E-state index contributed by atoms with van der Waals surface area (Å²) in [6.45, 7) is 3.19. The number of hydrogen-bond acceptors (Lipinski definition) is 0. The molecule has 0 aliphatic heterocycles. The Morgan fingerprint density at radius 3 is 1.33 bits per heavy atom. The van der Waals surface area contributed by atoms with E-state index in [4.69, 9.17) is 0 Å². The number of quaternary nitrogens is 1. The van der Waals surface area contributed by atoms with E-state index in [1.165, 1.54) is 6.42 Å². The fraction of sp³-hybridized carbons (Fsp3) is 1.00. The van der Waals surface area contributed by atoms with Crippen LogP contribution in [0.4, 0.5) is 17.3 Å². The summed E-state index contributed by atoms with van der Waals surface area (Å²) in [5.41, 5.74) is 3.60. The Labute approximate surface area is 51.3 Å². The summed E-state index contributed by atoms with van der Waals surface area (Å²) in [5.74, 6) is 0. The first-order chi connectivity index (χ1) is 3.91. The van der Waals surface area contributed by atoms with Crippen molar-refractivity contribution < 1.29 is 23.0 Å². The molecular formula is C3H10BF4N. The lowest BCUT2D eigenvalue weighted by Crippen LogP contribution is -2.49. The van der Waals surface area contributed by atoms with Crippen molar-refractivity contribution in [1.29, 1.82) is 0 Å². The predicted octanol–water partition coefficient (Wildman–Crippen LogP) is 0.938. The van der Waals surface area contributed by atoms with Gasteiger partial charge in [-0.25, -0.2) is 0 Å². The Bertz CT molecular complexity index is 46.3. The van der Waals surface area contributed by atoms with Crippen molar-refractivity contribution >= 4 is 7.25 Å². The quantitative estimate of drug-likeness (QED) is 0.422. The third-order valence-electron chi connectivity index (χ3n) is 0.354. The van der Waals surface area contributed by atoms with Gasteiger partial charge in [-0.1, -0.05) is 6.92 Å². The van der Waals surface area contributed by atoms with Gasteiger partial charge in [0.15, 0.2) is 0 Å². The van der Waals surface area contributed by atoms with Crippen molar-refractivity contribution in [2.75, 3.05) is 6.54 Å². The molecule has 0 heterocycles. The highest BCUT2D eigenvalue weighted by molar-refractivity contribution is 6.50. The van der Waals surface area contributed by atoms with Crippen molar-refractivity contribution in [1.82, 2.24) is 0 Å². The van der Waals surface area contributed by atoms with E-state index in [1.807, 2.05) is 0 Å². The van der Waals surface area contributed by atoms with Crippen molar-refractivity contribution in [2.45, 2.75) is 13.3 Å². The summed E-state index contributed by atoms with van der Waals surface area (Å²) in [6.07, 6.45) is 1.21. The van der Waals surface area contributed by atoms with Crippen LogP contribution in [-0.4, -0.2) is 13.8 Å². The van der Waals surface area contributed by atoms with Crippen molar-refractivity contribution in [3.05, 3.63) is 0 Å². The maximum Gasteiger partial charge on any atom is 0.673 e. The second-order valence-corrected chi connectivity index (χ2v) is 1.35. The maximum atomic E-state index is 9.75. The highest BCUT2D eigenvalue weighted by Gasteiger charge is 2.20. The third kappa shape index (κ3) is 461. The van der Waals surface area contributed by atoms with Gasteiger partial charge in [0.05, 0.1) is 6.54 Å². The molecule has 0 aliphatic carbocycles. The van der Waals surface area contributed by atoms with E-state index in [0.717, 1.165) is 6.54 Å². The maximum absolute atomic E-state index is 9.75. The molecule has 0 aromatic carbocycles. The van der Waals surface area contributed by atoms with Gasteiger partial charge < -0.3 is 23.0 Å². The molecule has 0 rings (SSSR count). The van der Waals surface area contributed by atoms with Gasteiger partial charge in [0, 0.05) is 0 Å². The summed E-state index contributed by atoms with van der Waals surface area (Å²) >= 11 is 0. The first-order valence-electron chi connectivity index (χ1n) is 2.58. The van der Waals surface area contributed by atoms with Crippen LogP contribution in [0.1, 0.15) is 13.3 Å². The van der Waals surface area contributed by atoms with Crippen molar-refractivity contribution in [3.63, 3.8) is 0 Å². The Hall–Kier alpha value is -0.255. The minimum Gasteiger partial charge on any atom is -0.418 e. The molecule has 0 bridgehead atoms.